The van der Waals surface area contributed by atoms with Gasteiger partial charge < -0.3 is 9.47 Å². The molecule has 0 aliphatic carbocycles. The van der Waals surface area contributed by atoms with Crippen molar-refractivity contribution in [2.24, 2.45) is 0 Å². The zero-order chi connectivity index (χ0) is 13.7. The van der Waals surface area contributed by atoms with Gasteiger partial charge >= 0.3 is 0 Å². The van der Waals surface area contributed by atoms with Crippen molar-refractivity contribution in [3.8, 4) is 6.07 Å². The second-order valence-electron chi connectivity index (χ2n) is 4.75. The van der Waals surface area contributed by atoms with E-state index in [1.54, 1.807) is 17.0 Å². The minimum Gasteiger partial charge on any atom is -0.349 e. The molecule has 0 aliphatic rings. The van der Waals surface area contributed by atoms with Crippen molar-refractivity contribution < 1.29 is 0 Å². The highest BCUT2D eigenvalue weighted by molar-refractivity contribution is 5.37. The average molecular weight is 248 g/mol. The molecule has 0 N–H and O–H groups in total. The van der Waals surface area contributed by atoms with Crippen LogP contribution in [0, 0.1) is 11.3 Å². The van der Waals surface area contributed by atoms with Gasteiger partial charge in [-0.15, -0.1) is 0 Å². The second kappa shape index (κ2) is 6.20. The summed E-state index contributed by atoms with van der Waals surface area (Å²) in [5.41, 5.74) is -0.0980. The van der Waals surface area contributed by atoms with Crippen LogP contribution < -0.4 is 10.5 Å². The highest BCUT2D eigenvalue weighted by atomic mass is 16.1. The molecule has 0 unspecified atom stereocenters. The first-order chi connectivity index (χ1) is 8.49. The van der Waals surface area contributed by atoms with Crippen LogP contribution in [0.4, 0.5) is 5.82 Å². The summed E-state index contributed by atoms with van der Waals surface area (Å²) in [6, 6.07) is 2.34. The van der Waals surface area contributed by atoms with Crippen molar-refractivity contribution >= 4 is 5.82 Å². The van der Waals surface area contributed by atoms with Crippen molar-refractivity contribution in [3.63, 3.8) is 0 Å². The number of nitrogens with zero attached hydrogens (tertiary/aromatic N) is 4. The van der Waals surface area contributed by atoms with Crippen molar-refractivity contribution in [3.05, 3.63) is 22.7 Å². The lowest BCUT2D eigenvalue weighted by Crippen LogP contribution is -2.38. The largest absolute Gasteiger partial charge is 0.349 e. The van der Waals surface area contributed by atoms with Crippen LogP contribution in [0.15, 0.2) is 17.2 Å². The average Bonchev–Trinajstić information content (AvgIpc) is 2.30. The van der Waals surface area contributed by atoms with Gasteiger partial charge in [-0.25, -0.2) is 4.98 Å². The molecule has 1 heterocycles. The van der Waals surface area contributed by atoms with Gasteiger partial charge in [0.15, 0.2) is 5.82 Å². The fraction of sp³-hybridized carbons (Fsp3) is 0.615. The predicted molar refractivity (Wildman–Crippen MR) is 71.6 cm³/mol. The van der Waals surface area contributed by atoms with Crippen LogP contribution in [0.1, 0.15) is 40.2 Å². The van der Waals surface area contributed by atoms with Crippen molar-refractivity contribution in [2.75, 3.05) is 11.4 Å². The molecule has 1 aromatic heterocycles. The molecule has 0 aliphatic heterocycles. The van der Waals surface area contributed by atoms with E-state index >= 15 is 0 Å². The Balaban J connectivity index is 3.17. The summed E-state index contributed by atoms with van der Waals surface area (Å²) in [7, 11) is 0. The Bertz CT molecular complexity index is 484. The lowest BCUT2D eigenvalue weighted by molar-refractivity contribution is 0.565. The SMILES string of the molecule is CC(C)N(CCC#N)c1nccn(C(C)C)c1=O. The van der Waals surface area contributed by atoms with Crippen molar-refractivity contribution in [1.29, 1.82) is 5.26 Å². The Morgan fingerprint density at radius 3 is 2.61 bits per heavy atom. The highest BCUT2D eigenvalue weighted by Crippen LogP contribution is 2.10. The van der Waals surface area contributed by atoms with E-state index in [4.69, 9.17) is 5.26 Å². The minimum absolute atomic E-state index is 0.0980. The molecule has 1 rings (SSSR count). The van der Waals surface area contributed by atoms with Gasteiger partial charge in [0.05, 0.1) is 12.5 Å². The quantitative estimate of drug-likeness (QED) is 0.799. The van der Waals surface area contributed by atoms with E-state index in [1.807, 2.05) is 32.6 Å². The summed E-state index contributed by atoms with van der Waals surface area (Å²) in [6.07, 6.45) is 3.72. The Labute approximate surface area is 108 Å². The van der Waals surface area contributed by atoms with E-state index in [0.717, 1.165) is 0 Å². The molecule has 0 radical (unpaired) electrons. The number of rotatable bonds is 5. The van der Waals surface area contributed by atoms with Crippen LogP contribution >= 0.6 is 0 Å². The third kappa shape index (κ3) is 3.10. The molecule has 5 heteroatoms. The molecule has 0 amide bonds. The lowest BCUT2D eigenvalue weighted by Gasteiger charge is -2.26. The minimum atomic E-state index is -0.0980. The van der Waals surface area contributed by atoms with Gasteiger partial charge in [-0.05, 0) is 27.7 Å². The molecule has 5 nitrogen and oxygen atoms in total. The second-order valence-corrected chi connectivity index (χ2v) is 4.75. The van der Waals surface area contributed by atoms with Crippen molar-refractivity contribution in [2.45, 2.75) is 46.2 Å². The summed E-state index contributed by atoms with van der Waals surface area (Å²) in [6.45, 7) is 8.43. The maximum absolute atomic E-state index is 12.3. The maximum Gasteiger partial charge on any atom is 0.293 e. The summed E-state index contributed by atoms with van der Waals surface area (Å²) in [4.78, 5) is 18.4. The lowest BCUT2D eigenvalue weighted by atomic mass is 10.3. The topological polar surface area (TPSA) is 61.9 Å². The third-order valence-electron chi connectivity index (χ3n) is 2.77. The molecule has 1 aromatic rings. The maximum atomic E-state index is 12.3. The fourth-order valence-electron chi connectivity index (χ4n) is 1.80. The molecular formula is C13H20N4O. The van der Waals surface area contributed by atoms with Gasteiger partial charge in [0, 0.05) is 31.0 Å². The zero-order valence-corrected chi connectivity index (χ0v) is 11.4. The van der Waals surface area contributed by atoms with Gasteiger partial charge in [0.2, 0.25) is 0 Å². The molecule has 0 atom stereocenters. The summed E-state index contributed by atoms with van der Waals surface area (Å²) >= 11 is 0. The van der Waals surface area contributed by atoms with Crippen LogP contribution in [0.2, 0.25) is 0 Å². The first kappa shape index (κ1) is 14.2. The standard InChI is InChI=1S/C13H20N4O/c1-10(2)16(8-5-6-14)12-13(18)17(11(3)4)9-7-15-12/h7,9-11H,5,8H2,1-4H3. The van der Waals surface area contributed by atoms with E-state index in [-0.39, 0.29) is 17.6 Å². The van der Waals surface area contributed by atoms with Gasteiger partial charge in [-0.2, -0.15) is 5.26 Å². The smallest absolute Gasteiger partial charge is 0.293 e. The molecular weight excluding hydrogens is 228 g/mol. The van der Waals surface area contributed by atoms with Crippen molar-refractivity contribution in [1.82, 2.24) is 9.55 Å². The summed E-state index contributed by atoms with van der Waals surface area (Å²) < 4.78 is 1.66. The zero-order valence-electron chi connectivity index (χ0n) is 11.4. The molecule has 18 heavy (non-hydrogen) atoms. The Morgan fingerprint density at radius 1 is 1.44 bits per heavy atom. The van der Waals surface area contributed by atoms with Gasteiger partial charge in [-0.3, -0.25) is 4.79 Å². The highest BCUT2D eigenvalue weighted by Gasteiger charge is 2.17. The molecule has 0 aromatic carbocycles. The predicted octanol–water partition coefficient (Wildman–Crippen LogP) is 1.95. The van der Waals surface area contributed by atoms with E-state index in [9.17, 15) is 4.79 Å². The normalized spacial score (nSPS) is 10.7. The Morgan fingerprint density at radius 2 is 2.11 bits per heavy atom. The third-order valence-corrected chi connectivity index (χ3v) is 2.77. The first-order valence-electron chi connectivity index (χ1n) is 6.19. The van der Waals surface area contributed by atoms with Crippen LogP contribution in [-0.4, -0.2) is 22.1 Å². The van der Waals surface area contributed by atoms with E-state index in [2.05, 4.69) is 11.1 Å². The molecule has 0 saturated carbocycles. The van der Waals surface area contributed by atoms with Crippen LogP contribution in [0.25, 0.3) is 0 Å². The molecule has 0 spiro atoms. The van der Waals surface area contributed by atoms with Crippen LogP contribution in [0.3, 0.4) is 0 Å². The molecule has 0 saturated heterocycles. The summed E-state index contributed by atoms with van der Waals surface area (Å²) in [5, 5.41) is 8.68. The van der Waals surface area contributed by atoms with Crippen LogP contribution in [0.5, 0.6) is 0 Å². The van der Waals surface area contributed by atoms with Gasteiger partial charge in [-0.1, -0.05) is 0 Å². The monoisotopic (exact) mass is 248 g/mol. The first-order valence-corrected chi connectivity index (χ1v) is 6.19. The number of aromatic nitrogens is 2. The van der Waals surface area contributed by atoms with Gasteiger partial charge in [0.25, 0.3) is 5.56 Å². The number of hydrogen-bond acceptors (Lipinski definition) is 4. The van der Waals surface area contributed by atoms with Gasteiger partial charge in [0.1, 0.15) is 0 Å². The number of hydrogen-bond donors (Lipinski definition) is 0. The molecule has 98 valence electrons. The summed E-state index contributed by atoms with van der Waals surface area (Å²) in [5.74, 6) is 0.427. The van der Waals surface area contributed by atoms with Crippen LogP contribution in [-0.2, 0) is 0 Å². The number of nitriles is 1. The fourth-order valence-corrected chi connectivity index (χ4v) is 1.80. The Kier molecular flexibility index (Phi) is 4.90. The van der Waals surface area contributed by atoms with E-state index in [0.29, 0.717) is 18.8 Å². The Hall–Kier alpha value is -1.83. The molecule has 0 fully saturated rings. The van der Waals surface area contributed by atoms with E-state index < -0.39 is 0 Å². The number of anilines is 1. The van der Waals surface area contributed by atoms with E-state index in [1.165, 1.54) is 0 Å². The molecule has 0 bridgehead atoms.